The summed E-state index contributed by atoms with van der Waals surface area (Å²) >= 11 is 0. The third kappa shape index (κ3) is 9.81. The molecule has 0 saturated carbocycles. The van der Waals surface area contributed by atoms with E-state index >= 15 is 0 Å². The van der Waals surface area contributed by atoms with Crippen molar-refractivity contribution in [1.82, 2.24) is 0 Å². The second-order valence-electron chi connectivity index (χ2n) is 7.22. The van der Waals surface area contributed by atoms with E-state index in [4.69, 9.17) is 0 Å². The van der Waals surface area contributed by atoms with E-state index < -0.39 is 5.60 Å². The van der Waals surface area contributed by atoms with Crippen molar-refractivity contribution < 1.29 is 5.11 Å². The van der Waals surface area contributed by atoms with Crippen molar-refractivity contribution in [2.24, 2.45) is 0 Å². The minimum absolute atomic E-state index is 0.500. The van der Waals surface area contributed by atoms with E-state index in [0.717, 1.165) is 32.1 Å². The summed E-state index contributed by atoms with van der Waals surface area (Å²) in [7, 11) is 0. The van der Waals surface area contributed by atoms with Crippen LogP contribution in [0.1, 0.15) is 96.5 Å². The van der Waals surface area contributed by atoms with Crippen molar-refractivity contribution in [2.45, 2.75) is 103 Å². The predicted octanol–water partition coefficient (Wildman–Crippen LogP) is 6.68. The molecule has 1 aromatic rings. The van der Waals surface area contributed by atoms with Crippen molar-refractivity contribution in [2.75, 3.05) is 0 Å². The van der Waals surface area contributed by atoms with Crippen molar-refractivity contribution in [3.05, 3.63) is 35.9 Å². The van der Waals surface area contributed by atoms with Crippen molar-refractivity contribution in [1.29, 1.82) is 0 Å². The second-order valence-corrected chi connectivity index (χ2v) is 7.22. The van der Waals surface area contributed by atoms with Gasteiger partial charge in [0.05, 0.1) is 5.60 Å². The maximum Gasteiger partial charge on any atom is 0.0688 e. The van der Waals surface area contributed by atoms with E-state index in [2.05, 4.69) is 44.2 Å². The number of hydrogen-bond acceptors (Lipinski definition) is 1. The van der Waals surface area contributed by atoms with Crippen LogP contribution in [-0.2, 0) is 6.42 Å². The molecule has 0 unspecified atom stereocenters. The molecule has 132 valence electrons. The average Bonchev–Trinajstić information content (AvgIpc) is 2.55. The lowest BCUT2D eigenvalue weighted by Gasteiger charge is -2.29. The normalized spacial score (nSPS) is 11.8. The largest absolute Gasteiger partial charge is 0.390 e. The Kier molecular flexibility index (Phi) is 11.1. The van der Waals surface area contributed by atoms with Gasteiger partial charge in [0.25, 0.3) is 0 Å². The van der Waals surface area contributed by atoms with Crippen molar-refractivity contribution >= 4 is 0 Å². The fourth-order valence-electron chi connectivity index (χ4n) is 3.39. The number of benzene rings is 1. The summed E-state index contributed by atoms with van der Waals surface area (Å²) in [6.07, 6.45) is 15.4. The Hall–Kier alpha value is -0.820. The van der Waals surface area contributed by atoms with Gasteiger partial charge < -0.3 is 5.11 Å². The van der Waals surface area contributed by atoms with Crippen molar-refractivity contribution in [3.8, 4) is 0 Å². The standard InChI is InChI=1S/C22H38O/c1-3-5-7-9-14-18-22(23,19-15-10-8-6-4-2)20-21-16-12-11-13-17-21/h11-13,16-17,23H,3-10,14-15,18-20H2,1-2H3. The second kappa shape index (κ2) is 12.6. The highest BCUT2D eigenvalue weighted by atomic mass is 16.3. The van der Waals surface area contributed by atoms with Gasteiger partial charge in [0.2, 0.25) is 0 Å². The summed E-state index contributed by atoms with van der Waals surface area (Å²) in [4.78, 5) is 0. The van der Waals surface area contributed by atoms with E-state index in [0.29, 0.717) is 0 Å². The zero-order valence-electron chi connectivity index (χ0n) is 15.5. The predicted molar refractivity (Wildman–Crippen MR) is 102 cm³/mol. The molecule has 23 heavy (non-hydrogen) atoms. The molecule has 1 aromatic carbocycles. The zero-order chi connectivity index (χ0) is 16.8. The van der Waals surface area contributed by atoms with Crippen LogP contribution in [0.3, 0.4) is 0 Å². The van der Waals surface area contributed by atoms with Gasteiger partial charge in [-0.1, -0.05) is 108 Å². The number of hydrogen-bond donors (Lipinski definition) is 1. The van der Waals surface area contributed by atoms with Crippen molar-refractivity contribution in [3.63, 3.8) is 0 Å². The Bertz CT molecular complexity index is 357. The summed E-state index contributed by atoms with van der Waals surface area (Å²) in [5, 5.41) is 11.2. The molecule has 0 fully saturated rings. The van der Waals surface area contributed by atoms with E-state index in [1.165, 1.54) is 56.9 Å². The van der Waals surface area contributed by atoms with Gasteiger partial charge in [-0.3, -0.25) is 0 Å². The molecule has 1 nitrogen and oxygen atoms in total. The van der Waals surface area contributed by atoms with Crippen LogP contribution in [0.4, 0.5) is 0 Å². The van der Waals surface area contributed by atoms with Crippen LogP contribution in [0.25, 0.3) is 0 Å². The molecule has 0 amide bonds. The monoisotopic (exact) mass is 318 g/mol. The molecular weight excluding hydrogens is 280 g/mol. The first-order chi connectivity index (χ1) is 11.2. The third-order valence-corrected chi connectivity index (χ3v) is 4.87. The molecule has 0 heterocycles. The Morgan fingerprint density at radius 3 is 1.65 bits per heavy atom. The first-order valence-electron chi connectivity index (χ1n) is 9.96. The summed E-state index contributed by atoms with van der Waals surface area (Å²) in [5.41, 5.74) is 0.775. The van der Waals surface area contributed by atoms with Gasteiger partial charge in [-0.05, 0) is 18.4 Å². The van der Waals surface area contributed by atoms with Gasteiger partial charge in [0.15, 0.2) is 0 Å². The van der Waals surface area contributed by atoms with Gasteiger partial charge in [-0.15, -0.1) is 0 Å². The Morgan fingerprint density at radius 1 is 0.696 bits per heavy atom. The van der Waals surface area contributed by atoms with E-state index in [1.807, 2.05) is 0 Å². The van der Waals surface area contributed by atoms with Crippen LogP contribution in [-0.4, -0.2) is 10.7 Å². The van der Waals surface area contributed by atoms with Crippen LogP contribution in [0, 0.1) is 0 Å². The molecule has 0 aliphatic heterocycles. The van der Waals surface area contributed by atoms with E-state index in [1.54, 1.807) is 0 Å². The lowest BCUT2D eigenvalue weighted by atomic mass is 9.84. The number of aliphatic hydroxyl groups is 1. The summed E-state index contributed by atoms with van der Waals surface area (Å²) in [6, 6.07) is 10.5. The van der Waals surface area contributed by atoms with E-state index in [-0.39, 0.29) is 0 Å². The van der Waals surface area contributed by atoms with E-state index in [9.17, 15) is 5.11 Å². The van der Waals surface area contributed by atoms with Gasteiger partial charge in [-0.25, -0.2) is 0 Å². The summed E-state index contributed by atoms with van der Waals surface area (Å²) < 4.78 is 0. The average molecular weight is 319 g/mol. The topological polar surface area (TPSA) is 20.2 Å². The van der Waals surface area contributed by atoms with Gasteiger partial charge >= 0.3 is 0 Å². The molecule has 1 heteroatoms. The van der Waals surface area contributed by atoms with Crippen LogP contribution in [0.15, 0.2) is 30.3 Å². The highest BCUT2D eigenvalue weighted by Gasteiger charge is 2.26. The molecule has 0 atom stereocenters. The third-order valence-electron chi connectivity index (χ3n) is 4.87. The highest BCUT2D eigenvalue weighted by Crippen LogP contribution is 2.27. The molecule has 1 rings (SSSR count). The summed E-state index contributed by atoms with van der Waals surface area (Å²) in [6.45, 7) is 4.50. The number of unbranched alkanes of at least 4 members (excludes halogenated alkanes) is 8. The lowest BCUT2D eigenvalue weighted by molar-refractivity contribution is 0.0180. The van der Waals surface area contributed by atoms with Gasteiger partial charge in [0.1, 0.15) is 0 Å². The number of rotatable bonds is 14. The fourth-order valence-corrected chi connectivity index (χ4v) is 3.39. The first kappa shape index (κ1) is 20.2. The minimum atomic E-state index is -0.500. The fraction of sp³-hybridized carbons (Fsp3) is 0.727. The van der Waals surface area contributed by atoms with Gasteiger partial charge in [-0.2, -0.15) is 0 Å². The lowest BCUT2D eigenvalue weighted by Crippen LogP contribution is -2.31. The van der Waals surface area contributed by atoms with Gasteiger partial charge in [0, 0.05) is 6.42 Å². The molecule has 0 radical (unpaired) electrons. The summed E-state index contributed by atoms with van der Waals surface area (Å²) in [5.74, 6) is 0. The maximum atomic E-state index is 11.2. The Balaban J connectivity index is 2.45. The Morgan fingerprint density at radius 2 is 1.17 bits per heavy atom. The molecule has 0 spiro atoms. The SMILES string of the molecule is CCCCCCCC(O)(CCCCCCC)Cc1ccccc1. The van der Waals surface area contributed by atoms with Crippen LogP contribution in [0.2, 0.25) is 0 Å². The highest BCUT2D eigenvalue weighted by molar-refractivity contribution is 5.17. The molecule has 0 aliphatic carbocycles. The molecular formula is C22H38O. The first-order valence-corrected chi connectivity index (χ1v) is 9.96. The molecule has 1 N–H and O–H groups in total. The Labute approximate surface area is 144 Å². The molecule has 0 bridgehead atoms. The smallest absolute Gasteiger partial charge is 0.0688 e. The quantitative estimate of drug-likeness (QED) is 0.379. The van der Waals surface area contributed by atoms with Crippen LogP contribution < -0.4 is 0 Å². The van der Waals surface area contributed by atoms with Crippen LogP contribution in [0.5, 0.6) is 0 Å². The molecule has 0 aliphatic rings. The molecule has 0 aromatic heterocycles. The maximum absolute atomic E-state index is 11.2. The van der Waals surface area contributed by atoms with Crippen LogP contribution >= 0.6 is 0 Å². The zero-order valence-corrected chi connectivity index (χ0v) is 15.5. The minimum Gasteiger partial charge on any atom is -0.390 e. The molecule has 0 saturated heterocycles.